The molecule has 0 bridgehead atoms. The molecule has 3 nitrogen and oxygen atoms in total. The van der Waals surface area contributed by atoms with Gasteiger partial charge in [0, 0.05) is 40.6 Å². The first kappa shape index (κ1) is 9.67. The number of rotatable bonds is 0. The van der Waals surface area contributed by atoms with Gasteiger partial charge in [-0.1, -0.05) is 0 Å². The van der Waals surface area contributed by atoms with Crippen molar-refractivity contribution in [1.29, 1.82) is 0 Å². The van der Waals surface area contributed by atoms with E-state index in [1.807, 2.05) is 0 Å². The standard InChI is InChI=1S/Ca.O3Te.2H2/c;1-4(2)3;;/h;;2*1H. The molecule has 0 aromatic carbocycles. The van der Waals surface area contributed by atoms with Crippen LogP contribution in [0.5, 0.6) is 0 Å². The zero-order valence-electron chi connectivity index (χ0n) is 2.34. The minimum absolute atomic E-state index is 0. The van der Waals surface area contributed by atoms with Crippen LogP contribution in [0.4, 0.5) is 0 Å². The summed E-state index contributed by atoms with van der Waals surface area (Å²) in [6.45, 7) is 0. The van der Waals surface area contributed by atoms with Crippen molar-refractivity contribution in [3.05, 3.63) is 0 Å². The Hall–Kier alpha value is 1.45. The third-order valence-electron chi connectivity index (χ3n) is 0. The van der Waals surface area contributed by atoms with Crippen LogP contribution in [-0.2, 0) is 9.31 Å². The average Bonchev–Trinajstić information content (AvgIpc) is 0.811. The minimum Gasteiger partial charge on any atom is 0 e. The summed E-state index contributed by atoms with van der Waals surface area (Å²) in [7, 11) is 0. The van der Waals surface area contributed by atoms with Gasteiger partial charge >= 0.3 is 28.8 Å². The molecule has 0 unspecified atom stereocenters. The summed E-state index contributed by atoms with van der Waals surface area (Å²) < 4.78 is 25.8. The normalized spacial score (nSPS) is 4.80. The van der Waals surface area contributed by atoms with Gasteiger partial charge in [-0.25, -0.2) is 0 Å². The molecule has 0 spiro atoms. The molecule has 0 aromatic rings. The first-order valence-electron chi connectivity index (χ1n) is 0.500. The predicted octanol–water partition coefficient (Wildman–Crippen LogP) is -0.626. The second-order valence-electron chi connectivity index (χ2n) is 0.204. The Kier molecular flexibility index (Phi) is 10.5. The van der Waals surface area contributed by atoms with E-state index in [1.54, 1.807) is 0 Å². The van der Waals surface area contributed by atoms with Crippen LogP contribution in [0.2, 0.25) is 0 Å². The molecule has 5 heavy (non-hydrogen) atoms. The quantitative estimate of drug-likeness (QED) is 0.510. The Labute approximate surface area is 68.5 Å². The molecule has 0 N–H and O–H groups in total. The Balaban J connectivity index is -0.0000000150. The zero-order chi connectivity index (χ0) is 3.58. The summed E-state index contributed by atoms with van der Waals surface area (Å²) in [5.41, 5.74) is 0. The van der Waals surface area contributed by atoms with Crippen LogP contribution in [0.15, 0.2) is 0 Å². The first-order valence-corrected chi connectivity index (χ1v) is 3.35. The summed E-state index contributed by atoms with van der Waals surface area (Å²) in [5.74, 6) is 0. The van der Waals surface area contributed by atoms with Crippen LogP contribution in [0.25, 0.3) is 0 Å². The predicted molar refractivity (Wildman–Crippen MR) is 17.8 cm³/mol. The van der Waals surface area contributed by atoms with E-state index in [0.717, 1.165) is 0 Å². The van der Waals surface area contributed by atoms with Gasteiger partial charge in [-0.15, -0.1) is 0 Å². The van der Waals surface area contributed by atoms with Crippen molar-refractivity contribution >= 4 is 57.2 Å². The summed E-state index contributed by atoms with van der Waals surface area (Å²) >= 11 is -4.11. The van der Waals surface area contributed by atoms with Gasteiger partial charge in [0.15, 0.2) is 0 Å². The zero-order valence-corrected chi connectivity index (χ0v) is 6.88. The third kappa shape index (κ3) is 30.9. The average molecular weight is 220 g/mol. The number of hydrogen-bond donors (Lipinski definition) is 0. The van der Waals surface area contributed by atoms with E-state index >= 15 is 0 Å². The second kappa shape index (κ2) is 5.45. The van der Waals surface area contributed by atoms with Crippen molar-refractivity contribution in [1.82, 2.24) is 0 Å². The molecule has 0 saturated carbocycles. The fourth-order valence-electron chi connectivity index (χ4n) is 0. The SMILES string of the molecule is O=[Te](=O)=O.[Ca].[HH].[HH]. The molecule has 5 heteroatoms. The molecule has 2 radical (unpaired) electrons. The monoisotopic (exact) mass is 222 g/mol. The van der Waals surface area contributed by atoms with Crippen molar-refractivity contribution in [2.75, 3.05) is 0 Å². The van der Waals surface area contributed by atoms with Gasteiger partial charge in [-0.05, 0) is 0 Å². The van der Waals surface area contributed by atoms with Gasteiger partial charge in [-0.3, -0.25) is 0 Å². The Morgan fingerprint density at radius 1 is 1.20 bits per heavy atom. The van der Waals surface area contributed by atoms with Gasteiger partial charge in [0.25, 0.3) is 0 Å². The molecule has 0 aliphatic heterocycles. The molecule has 0 saturated heterocycles. The van der Waals surface area contributed by atoms with E-state index in [2.05, 4.69) is 0 Å². The molecule has 0 aliphatic rings. The molecule has 0 aromatic heterocycles. The fourth-order valence-corrected chi connectivity index (χ4v) is 0. The van der Waals surface area contributed by atoms with Crippen LogP contribution in [0.3, 0.4) is 0 Å². The van der Waals surface area contributed by atoms with Crippen molar-refractivity contribution in [2.45, 2.75) is 0 Å². The van der Waals surface area contributed by atoms with E-state index < -0.39 is 19.5 Å². The van der Waals surface area contributed by atoms with Gasteiger partial charge in [-0.2, -0.15) is 0 Å². The molecule has 0 rings (SSSR count). The number of hydrogen-bond acceptors (Lipinski definition) is 3. The van der Waals surface area contributed by atoms with Crippen LogP contribution in [-0.4, -0.2) is 57.2 Å². The third-order valence-corrected chi connectivity index (χ3v) is 0. The van der Waals surface area contributed by atoms with Crippen LogP contribution in [0.1, 0.15) is 2.85 Å². The molecule has 30 valence electrons. The molecule has 0 aliphatic carbocycles. The van der Waals surface area contributed by atoms with Crippen molar-refractivity contribution in [2.24, 2.45) is 0 Å². The summed E-state index contributed by atoms with van der Waals surface area (Å²) in [6.07, 6.45) is 0. The van der Waals surface area contributed by atoms with Crippen LogP contribution in [0, 0.1) is 0 Å². The first-order chi connectivity index (χ1) is 1.73. The van der Waals surface area contributed by atoms with Crippen molar-refractivity contribution in [3.63, 3.8) is 0 Å². The minimum atomic E-state index is -4.11. The summed E-state index contributed by atoms with van der Waals surface area (Å²) in [6, 6.07) is 0. The van der Waals surface area contributed by atoms with E-state index in [9.17, 15) is 0 Å². The maximum Gasteiger partial charge on any atom is 0 e. The van der Waals surface area contributed by atoms with Crippen molar-refractivity contribution in [3.8, 4) is 0 Å². The topological polar surface area (TPSA) is 51.2 Å². The summed E-state index contributed by atoms with van der Waals surface area (Å²) in [5, 5.41) is 0. The largest absolute Gasteiger partial charge is 0 e. The summed E-state index contributed by atoms with van der Waals surface area (Å²) in [4.78, 5) is 0. The molecule has 0 fully saturated rings. The van der Waals surface area contributed by atoms with E-state index in [4.69, 9.17) is 9.31 Å². The maximum absolute atomic E-state index is 8.59. The van der Waals surface area contributed by atoms with Crippen LogP contribution < -0.4 is 0 Å². The van der Waals surface area contributed by atoms with Gasteiger partial charge in [0.1, 0.15) is 0 Å². The molecular weight excluding hydrogens is 216 g/mol. The molecule has 0 atom stereocenters. The van der Waals surface area contributed by atoms with Gasteiger partial charge in [0.2, 0.25) is 0 Å². The van der Waals surface area contributed by atoms with E-state index in [1.165, 1.54) is 0 Å². The Morgan fingerprint density at radius 3 is 1.20 bits per heavy atom. The van der Waals surface area contributed by atoms with Crippen LogP contribution >= 0.6 is 0 Å². The second-order valence-corrected chi connectivity index (χ2v) is 1.37. The smallest absolute Gasteiger partial charge is 0 e. The fraction of sp³-hybridized carbons (Fsp3) is 0. The molecule has 0 amide bonds. The Morgan fingerprint density at radius 2 is 1.20 bits per heavy atom. The van der Waals surface area contributed by atoms with Gasteiger partial charge in [0.05, 0.1) is 0 Å². The molecule has 0 heterocycles. The molecular formula is H4CaO3Te. The van der Waals surface area contributed by atoms with E-state index in [-0.39, 0.29) is 40.6 Å². The van der Waals surface area contributed by atoms with E-state index in [0.29, 0.717) is 0 Å². The van der Waals surface area contributed by atoms with Gasteiger partial charge < -0.3 is 0 Å². The Bertz CT molecular complexity index is 82.3. The maximum atomic E-state index is 8.59. The van der Waals surface area contributed by atoms with Crippen molar-refractivity contribution < 1.29 is 12.2 Å².